The van der Waals surface area contributed by atoms with Crippen molar-refractivity contribution in [2.45, 2.75) is 20.4 Å². The summed E-state index contributed by atoms with van der Waals surface area (Å²) in [5.41, 5.74) is 2.37. The first-order chi connectivity index (χ1) is 15.8. The van der Waals surface area contributed by atoms with Gasteiger partial charge in [0.05, 0.1) is 30.9 Å². The average molecular weight is 453 g/mol. The van der Waals surface area contributed by atoms with Gasteiger partial charge in [-0.2, -0.15) is 0 Å². The molecule has 0 radical (unpaired) electrons. The Balaban J connectivity index is 1.85. The van der Waals surface area contributed by atoms with Crippen LogP contribution in [-0.4, -0.2) is 62.2 Å². The normalized spacial score (nSPS) is 12.2. The Morgan fingerprint density at radius 2 is 1.55 bits per heavy atom. The molecule has 2 amide bonds. The van der Waals surface area contributed by atoms with Gasteiger partial charge in [-0.3, -0.25) is 19.8 Å². The summed E-state index contributed by atoms with van der Waals surface area (Å²) >= 11 is 0. The van der Waals surface area contributed by atoms with Gasteiger partial charge in [0.25, 0.3) is 11.8 Å². The lowest BCUT2D eigenvalue weighted by atomic mass is 10.0. The van der Waals surface area contributed by atoms with Crippen molar-refractivity contribution in [1.29, 1.82) is 5.41 Å². The summed E-state index contributed by atoms with van der Waals surface area (Å²) in [6.07, 6.45) is 0. The van der Waals surface area contributed by atoms with E-state index in [1.807, 2.05) is 13.8 Å². The largest absolute Gasteiger partial charge is 0.493 e. The van der Waals surface area contributed by atoms with Crippen LogP contribution in [0.25, 0.3) is 0 Å². The average Bonchev–Trinajstić information content (AvgIpc) is 3.12. The first-order valence-corrected chi connectivity index (χ1v) is 10.7. The first kappa shape index (κ1) is 23.8. The second kappa shape index (κ2) is 10.2. The molecule has 0 saturated carbocycles. The molecule has 0 fully saturated rings. The number of rotatable bonds is 9. The summed E-state index contributed by atoms with van der Waals surface area (Å²) in [5, 5.41) is 13.7. The van der Waals surface area contributed by atoms with E-state index in [0.29, 0.717) is 47.9 Å². The SMILES string of the molecule is CCOc1ccc(C(=O)CN2Cc3cc(OCC)c(C(=O)NC)cc3C2=N)cc1C(=O)NC. The van der Waals surface area contributed by atoms with Gasteiger partial charge >= 0.3 is 0 Å². The van der Waals surface area contributed by atoms with Crippen LogP contribution in [0.15, 0.2) is 30.3 Å². The van der Waals surface area contributed by atoms with Gasteiger partial charge in [-0.1, -0.05) is 0 Å². The van der Waals surface area contributed by atoms with Crippen LogP contribution in [0.1, 0.15) is 56.0 Å². The predicted octanol–water partition coefficient (Wildman–Crippen LogP) is 2.23. The van der Waals surface area contributed by atoms with Crippen molar-refractivity contribution in [2.75, 3.05) is 33.9 Å². The maximum Gasteiger partial charge on any atom is 0.254 e. The molecule has 1 heterocycles. The fourth-order valence-corrected chi connectivity index (χ4v) is 3.71. The molecular weight excluding hydrogens is 424 g/mol. The highest BCUT2D eigenvalue weighted by Crippen LogP contribution is 2.31. The highest BCUT2D eigenvalue weighted by Gasteiger charge is 2.29. The highest BCUT2D eigenvalue weighted by atomic mass is 16.5. The van der Waals surface area contributed by atoms with Gasteiger partial charge in [-0.05, 0) is 49.7 Å². The molecule has 1 aliphatic rings. The summed E-state index contributed by atoms with van der Waals surface area (Å²) in [6.45, 7) is 4.73. The van der Waals surface area contributed by atoms with Crippen LogP contribution in [0.3, 0.4) is 0 Å². The Morgan fingerprint density at radius 3 is 2.15 bits per heavy atom. The molecule has 0 unspecified atom stereocenters. The van der Waals surface area contributed by atoms with Gasteiger partial charge in [0.2, 0.25) is 0 Å². The van der Waals surface area contributed by atoms with Crippen molar-refractivity contribution in [3.63, 3.8) is 0 Å². The van der Waals surface area contributed by atoms with Gasteiger partial charge in [-0.15, -0.1) is 0 Å². The lowest BCUT2D eigenvalue weighted by molar-refractivity contribution is 0.0948. The van der Waals surface area contributed by atoms with E-state index < -0.39 is 0 Å². The molecule has 174 valence electrons. The third kappa shape index (κ3) is 4.82. The topological polar surface area (TPSA) is 121 Å². The van der Waals surface area contributed by atoms with Crippen LogP contribution < -0.4 is 20.1 Å². The van der Waals surface area contributed by atoms with Crippen LogP contribution in [0.4, 0.5) is 0 Å². The van der Waals surface area contributed by atoms with Crippen molar-refractivity contribution >= 4 is 23.4 Å². The molecule has 3 N–H and O–H groups in total. The number of ketones is 1. The third-order valence-corrected chi connectivity index (χ3v) is 5.32. The van der Waals surface area contributed by atoms with E-state index in [9.17, 15) is 14.4 Å². The summed E-state index contributed by atoms with van der Waals surface area (Å²) < 4.78 is 11.1. The van der Waals surface area contributed by atoms with Crippen molar-refractivity contribution < 1.29 is 23.9 Å². The van der Waals surface area contributed by atoms with E-state index in [0.717, 1.165) is 5.56 Å². The lowest BCUT2D eigenvalue weighted by Gasteiger charge is -2.17. The third-order valence-electron chi connectivity index (χ3n) is 5.32. The molecule has 9 heteroatoms. The number of carbonyl (C=O) groups is 3. The highest BCUT2D eigenvalue weighted by molar-refractivity contribution is 6.08. The standard InChI is InChI=1S/C24H28N4O5/c1-5-32-20-8-7-14(9-17(20)23(30)26-3)19(29)13-28-12-15-10-21(33-6-2)18(24(31)27-4)11-16(15)22(28)25/h7-11,25H,5-6,12-13H2,1-4H3,(H,26,30)(H,27,31). The molecule has 0 bridgehead atoms. The number of ether oxygens (including phenoxy) is 2. The molecule has 0 saturated heterocycles. The number of benzene rings is 2. The number of hydrogen-bond acceptors (Lipinski definition) is 6. The zero-order valence-corrected chi connectivity index (χ0v) is 19.2. The van der Waals surface area contributed by atoms with E-state index in [-0.39, 0.29) is 35.5 Å². The number of amides is 2. The zero-order chi connectivity index (χ0) is 24.1. The molecule has 0 aliphatic carbocycles. The second-order valence-electron chi connectivity index (χ2n) is 7.37. The molecule has 2 aromatic rings. The molecule has 0 spiro atoms. The number of carbonyl (C=O) groups excluding carboxylic acids is 3. The Labute approximate surface area is 192 Å². The molecule has 1 aliphatic heterocycles. The number of Topliss-reactive ketones (excluding diaryl/α,β-unsaturated/α-hetero) is 1. The summed E-state index contributed by atoms with van der Waals surface area (Å²) in [4.78, 5) is 39.2. The minimum absolute atomic E-state index is 0.0477. The molecular formula is C24H28N4O5. The number of amidine groups is 1. The molecule has 3 rings (SSSR count). The maximum atomic E-state index is 13.0. The van der Waals surface area contributed by atoms with Gasteiger partial charge in [0, 0.05) is 31.8 Å². The van der Waals surface area contributed by atoms with Crippen LogP contribution in [-0.2, 0) is 6.54 Å². The lowest BCUT2D eigenvalue weighted by Crippen LogP contribution is -2.30. The Morgan fingerprint density at radius 1 is 0.939 bits per heavy atom. The van der Waals surface area contributed by atoms with Gasteiger partial charge in [-0.25, -0.2) is 0 Å². The van der Waals surface area contributed by atoms with E-state index >= 15 is 0 Å². The fraction of sp³-hybridized carbons (Fsp3) is 0.333. The van der Waals surface area contributed by atoms with Gasteiger partial charge < -0.3 is 25.0 Å². The van der Waals surface area contributed by atoms with Gasteiger partial charge in [0.15, 0.2) is 5.78 Å². The Hall–Kier alpha value is -3.88. The quantitative estimate of drug-likeness (QED) is 0.502. The molecule has 0 aromatic heterocycles. The predicted molar refractivity (Wildman–Crippen MR) is 124 cm³/mol. The Kier molecular flexibility index (Phi) is 7.32. The maximum absolute atomic E-state index is 13.0. The zero-order valence-electron chi connectivity index (χ0n) is 19.2. The van der Waals surface area contributed by atoms with Crippen LogP contribution in [0.2, 0.25) is 0 Å². The Bertz CT molecular complexity index is 1110. The van der Waals surface area contributed by atoms with E-state index in [4.69, 9.17) is 14.9 Å². The van der Waals surface area contributed by atoms with Crippen molar-refractivity contribution in [1.82, 2.24) is 15.5 Å². The van der Waals surface area contributed by atoms with Crippen LogP contribution in [0, 0.1) is 5.41 Å². The smallest absolute Gasteiger partial charge is 0.254 e. The van der Waals surface area contributed by atoms with Crippen LogP contribution >= 0.6 is 0 Å². The van der Waals surface area contributed by atoms with E-state index in [1.54, 1.807) is 29.2 Å². The fourth-order valence-electron chi connectivity index (χ4n) is 3.71. The molecule has 9 nitrogen and oxygen atoms in total. The monoisotopic (exact) mass is 452 g/mol. The number of nitrogens with zero attached hydrogens (tertiary/aromatic N) is 1. The van der Waals surface area contributed by atoms with Crippen LogP contribution in [0.5, 0.6) is 11.5 Å². The van der Waals surface area contributed by atoms with Crippen molar-refractivity contribution in [2.24, 2.45) is 0 Å². The van der Waals surface area contributed by atoms with E-state index in [2.05, 4.69) is 10.6 Å². The van der Waals surface area contributed by atoms with Gasteiger partial charge in [0.1, 0.15) is 17.3 Å². The van der Waals surface area contributed by atoms with Crippen molar-refractivity contribution in [3.8, 4) is 11.5 Å². The second-order valence-corrected chi connectivity index (χ2v) is 7.37. The number of nitrogens with one attached hydrogen (secondary N) is 3. The number of fused-ring (bicyclic) bond motifs is 1. The molecule has 0 atom stereocenters. The summed E-state index contributed by atoms with van der Waals surface area (Å²) in [5.74, 6) is 0.110. The van der Waals surface area contributed by atoms with E-state index in [1.165, 1.54) is 20.2 Å². The molecule has 33 heavy (non-hydrogen) atoms. The first-order valence-electron chi connectivity index (χ1n) is 10.7. The minimum Gasteiger partial charge on any atom is -0.493 e. The summed E-state index contributed by atoms with van der Waals surface area (Å²) in [7, 11) is 3.05. The van der Waals surface area contributed by atoms with Crippen molar-refractivity contribution in [3.05, 3.63) is 58.1 Å². The number of hydrogen-bond donors (Lipinski definition) is 3. The molecule has 2 aromatic carbocycles. The summed E-state index contributed by atoms with van der Waals surface area (Å²) in [6, 6.07) is 8.12. The minimum atomic E-state index is -0.348.